The Bertz CT molecular complexity index is 507. The molecule has 1 atom stereocenters. The van der Waals surface area contributed by atoms with Gasteiger partial charge in [0.1, 0.15) is 0 Å². The van der Waals surface area contributed by atoms with Crippen LogP contribution in [0.5, 0.6) is 0 Å². The number of likely N-dealkylation sites (tertiary alicyclic amines) is 1. The summed E-state index contributed by atoms with van der Waals surface area (Å²) in [5, 5.41) is 9.35. The van der Waals surface area contributed by atoms with Gasteiger partial charge in [0.2, 0.25) is 0 Å². The van der Waals surface area contributed by atoms with Crippen LogP contribution in [0.2, 0.25) is 0 Å². The Balaban J connectivity index is 0.00000288. The van der Waals surface area contributed by atoms with E-state index in [0.29, 0.717) is 24.9 Å². The number of guanidine groups is 1. The first-order valence-electron chi connectivity index (χ1n) is 8.25. The molecule has 8 heteroatoms. The van der Waals surface area contributed by atoms with E-state index in [0.717, 1.165) is 19.0 Å². The molecule has 0 aliphatic carbocycles. The van der Waals surface area contributed by atoms with Crippen LogP contribution in [0, 0.1) is 0 Å². The lowest BCUT2D eigenvalue weighted by Gasteiger charge is -2.24. The minimum Gasteiger partial charge on any atom is -0.459 e. The number of amides is 1. The standard InChI is InChI=1S/C16H27N5O2.HI/c1-3-21-10-4-6-13(21)12-20-16(17-2)19-9-8-18-15(22)14-7-5-11-23-14;/h5,7,11,13H,3-4,6,8-10,12H2,1-2H3,(H,18,22)(H2,17,19,20);1H. The highest BCUT2D eigenvalue weighted by Crippen LogP contribution is 2.15. The molecule has 1 aliphatic rings. The third-order valence-corrected chi connectivity index (χ3v) is 4.08. The van der Waals surface area contributed by atoms with Gasteiger partial charge in [-0.15, -0.1) is 24.0 Å². The van der Waals surface area contributed by atoms with Gasteiger partial charge in [0, 0.05) is 32.7 Å². The first-order chi connectivity index (χ1) is 11.2. The van der Waals surface area contributed by atoms with E-state index in [9.17, 15) is 4.79 Å². The molecule has 0 saturated carbocycles. The van der Waals surface area contributed by atoms with E-state index >= 15 is 0 Å². The lowest BCUT2D eigenvalue weighted by atomic mass is 10.2. The van der Waals surface area contributed by atoms with E-state index < -0.39 is 0 Å². The van der Waals surface area contributed by atoms with Gasteiger partial charge in [-0.2, -0.15) is 0 Å². The maximum atomic E-state index is 11.7. The molecular formula is C16H28IN5O2. The number of nitrogens with zero attached hydrogens (tertiary/aromatic N) is 2. The molecule has 7 nitrogen and oxygen atoms in total. The molecule has 3 N–H and O–H groups in total. The third kappa shape index (κ3) is 6.31. The highest BCUT2D eigenvalue weighted by molar-refractivity contribution is 14.0. The topological polar surface area (TPSA) is 81.9 Å². The molecule has 1 unspecified atom stereocenters. The number of nitrogens with one attached hydrogen (secondary N) is 3. The Labute approximate surface area is 160 Å². The smallest absolute Gasteiger partial charge is 0.287 e. The van der Waals surface area contributed by atoms with Crippen molar-refractivity contribution < 1.29 is 9.21 Å². The van der Waals surface area contributed by atoms with Gasteiger partial charge in [0.15, 0.2) is 11.7 Å². The van der Waals surface area contributed by atoms with Crippen molar-refractivity contribution in [3.05, 3.63) is 24.2 Å². The van der Waals surface area contributed by atoms with Crippen molar-refractivity contribution in [2.45, 2.75) is 25.8 Å². The molecule has 1 amide bonds. The number of aliphatic imine (C=N–C) groups is 1. The maximum Gasteiger partial charge on any atom is 0.287 e. The highest BCUT2D eigenvalue weighted by Gasteiger charge is 2.22. The molecule has 0 spiro atoms. The Morgan fingerprint density at radius 1 is 1.38 bits per heavy atom. The van der Waals surface area contributed by atoms with Crippen molar-refractivity contribution in [1.82, 2.24) is 20.9 Å². The molecule has 136 valence electrons. The zero-order valence-electron chi connectivity index (χ0n) is 14.4. The van der Waals surface area contributed by atoms with Gasteiger partial charge in [-0.05, 0) is 38.1 Å². The van der Waals surface area contributed by atoms with E-state index in [1.54, 1.807) is 19.2 Å². The van der Waals surface area contributed by atoms with E-state index in [4.69, 9.17) is 4.42 Å². The Morgan fingerprint density at radius 2 is 2.17 bits per heavy atom. The number of halogens is 1. The highest BCUT2D eigenvalue weighted by atomic mass is 127. The average molecular weight is 449 g/mol. The second-order valence-corrected chi connectivity index (χ2v) is 5.54. The number of carbonyl (C=O) groups excluding carboxylic acids is 1. The Kier molecular flexibility index (Phi) is 9.77. The quantitative estimate of drug-likeness (QED) is 0.253. The van der Waals surface area contributed by atoms with Crippen LogP contribution in [0.25, 0.3) is 0 Å². The van der Waals surface area contributed by atoms with E-state index in [2.05, 4.69) is 32.8 Å². The normalized spacial score (nSPS) is 18.1. The number of hydrogen-bond acceptors (Lipinski definition) is 4. The summed E-state index contributed by atoms with van der Waals surface area (Å²) in [6, 6.07) is 3.92. The molecular weight excluding hydrogens is 421 g/mol. The molecule has 0 bridgehead atoms. The molecule has 0 aromatic carbocycles. The average Bonchev–Trinajstić information content (AvgIpc) is 3.25. The van der Waals surface area contributed by atoms with E-state index in [-0.39, 0.29) is 29.9 Å². The molecule has 1 fully saturated rings. The molecule has 2 heterocycles. The lowest BCUT2D eigenvalue weighted by Crippen LogP contribution is -2.46. The molecule has 1 saturated heterocycles. The summed E-state index contributed by atoms with van der Waals surface area (Å²) in [7, 11) is 1.75. The number of furan rings is 1. The van der Waals surface area contributed by atoms with Crippen LogP contribution in [-0.2, 0) is 0 Å². The van der Waals surface area contributed by atoms with Gasteiger partial charge in [-0.1, -0.05) is 6.92 Å². The molecule has 2 rings (SSSR count). The number of rotatable bonds is 7. The van der Waals surface area contributed by atoms with Crippen LogP contribution in [0.1, 0.15) is 30.3 Å². The van der Waals surface area contributed by atoms with Crippen LogP contribution < -0.4 is 16.0 Å². The predicted octanol–water partition coefficient (Wildman–Crippen LogP) is 1.28. The number of likely N-dealkylation sites (N-methyl/N-ethyl adjacent to an activating group) is 1. The second-order valence-electron chi connectivity index (χ2n) is 5.54. The number of carbonyl (C=O) groups is 1. The minimum absolute atomic E-state index is 0. The van der Waals surface area contributed by atoms with Crippen molar-refractivity contribution in [1.29, 1.82) is 0 Å². The zero-order valence-corrected chi connectivity index (χ0v) is 16.7. The van der Waals surface area contributed by atoms with Gasteiger partial charge >= 0.3 is 0 Å². The molecule has 1 aromatic rings. The molecule has 24 heavy (non-hydrogen) atoms. The summed E-state index contributed by atoms with van der Waals surface area (Å²) in [4.78, 5) is 18.4. The van der Waals surface area contributed by atoms with Crippen molar-refractivity contribution in [3.8, 4) is 0 Å². The summed E-state index contributed by atoms with van der Waals surface area (Å²) < 4.78 is 5.04. The summed E-state index contributed by atoms with van der Waals surface area (Å²) in [6.07, 6.45) is 3.99. The SMILES string of the molecule is CCN1CCCC1CNC(=NC)NCCNC(=O)c1ccco1.I. The molecule has 0 radical (unpaired) electrons. The first kappa shape index (κ1) is 20.8. The van der Waals surface area contributed by atoms with E-state index in [1.165, 1.54) is 25.6 Å². The van der Waals surface area contributed by atoms with Crippen molar-refractivity contribution in [2.24, 2.45) is 4.99 Å². The van der Waals surface area contributed by atoms with Gasteiger partial charge in [-0.25, -0.2) is 0 Å². The van der Waals surface area contributed by atoms with Crippen molar-refractivity contribution >= 4 is 35.8 Å². The number of hydrogen-bond donors (Lipinski definition) is 3. The Hall–Kier alpha value is -1.29. The van der Waals surface area contributed by atoms with Gasteiger partial charge in [0.05, 0.1) is 6.26 Å². The fraction of sp³-hybridized carbons (Fsp3) is 0.625. The largest absolute Gasteiger partial charge is 0.459 e. The van der Waals surface area contributed by atoms with Crippen molar-refractivity contribution in [3.63, 3.8) is 0 Å². The lowest BCUT2D eigenvalue weighted by molar-refractivity contribution is 0.0926. The van der Waals surface area contributed by atoms with Crippen LogP contribution in [0.4, 0.5) is 0 Å². The summed E-state index contributed by atoms with van der Waals surface area (Å²) >= 11 is 0. The van der Waals surface area contributed by atoms with Crippen LogP contribution >= 0.6 is 24.0 Å². The van der Waals surface area contributed by atoms with Crippen LogP contribution in [0.15, 0.2) is 27.8 Å². The van der Waals surface area contributed by atoms with Gasteiger partial charge in [-0.3, -0.25) is 14.7 Å². The fourth-order valence-corrected chi connectivity index (χ4v) is 2.83. The van der Waals surface area contributed by atoms with Crippen molar-refractivity contribution in [2.75, 3.05) is 39.8 Å². The molecule has 1 aromatic heterocycles. The van der Waals surface area contributed by atoms with Gasteiger partial charge < -0.3 is 20.4 Å². The van der Waals surface area contributed by atoms with Crippen LogP contribution in [-0.4, -0.2) is 62.6 Å². The van der Waals surface area contributed by atoms with Crippen LogP contribution in [0.3, 0.4) is 0 Å². The molecule has 1 aliphatic heterocycles. The summed E-state index contributed by atoms with van der Waals surface area (Å²) in [5.41, 5.74) is 0. The fourth-order valence-electron chi connectivity index (χ4n) is 2.83. The second kappa shape index (κ2) is 11.3. The summed E-state index contributed by atoms with van der Waals surface area (Å²) in [6.45, 7) is 6.49. The predicted molar refractivity (Wildman–Crippen MR) is 106 cm³/mol. The maximum absolute atomic E-state index is 11.7. The monoisotopic (exact) mass is 449 g/mol. The van der Waals surface area contributed by atoms with Gasteiger partial charge in [0.25, 0.3) is 5.91 Å². The Morgan fingerprint density at radius 3 is 2.83 bits per heavy atom. The van der Waals surface area contributed by atoms with E-state index in [1.807, 2.05) is 0 Å². The third-order valence-electron chi connectivity index (χ3n) is 4.08. The summed E-state index contributed by atoms with van der Waals surface area (Å²) in [5.74, 6) is 0.887. The minimum atomic E-state index is -0.204. The first-order valence-corrected chi connectivity index (χ1v) is 8.25. The zero-order chi connectivity index (χ0) is 16.5.